The lowest BCUT2D eigenvalue weighted by Gasteiger charge is -2.22. The largest absolute Gasteiger partial charge is 0.379 e. The summed E-state index contributed by atoms with van der Waals surface area (Å²) in [5.74, 6) is 0.859. The third kappa shape index (κ3) is 13.6. The van der Waals surface area contributed by atoms with Crippen LogP contribution in [-0.2, 0) is 9.47 Å². The summed E-state index contributed by atoms with van der Waals surface area (Å²) < 4.78 is 11.0. The van der Waals surface area contributed by atoms with Crippen molar-refractivity contribution in [1.82, 2.24) is 15.5 Å². The molecule has 0 fully saturated rings. The fourth-order valence-corrected chi connectivity index (χ4v) is 2.00. The van der Waals surface area contributed by atoms with E-state index in [1.165, 1.54) is 6.42 Å². The Balaban J connectivity index is 3.77. The van der Waals surface area contributed by atoms with E-state index in [0.29, 0.717) is 25.9 Å². The van der Waals surface area contributed by atoms with Crippen molar-refractivity contribution in [3.8, 4) is 0 Å². The van der Waals surface area contributed by atoms with Gasteiger partial charge in [0.25, 0.3) is 0 Å². The van der Waals surface area contributed by atoms with Gasteiger partial charge >= 0.3 is 0 Å². The minimum Gasteiger partial charge on any atom is -0.379 e. The van der Waals surface area contributed by atoms with Crippen molar-refractivity contribution in [2.24, 2.45) is 4.99 Å². The van der Waals surface area contributed by atoms with Crippen LogP contribution in [0.1, 0.15) is 47.0 Å². The Bertz CT molecular complexity index is 301. The maximum absolute atomic E-state index is 5.55. The average molecular weight is 345 g/mol. The molecule has 0 saturated carbocycles. The Labute approximate surface area is 149 Å². The van der Waals surface area contributed by atoms with Crippen LogP contribution >= 0.6 is 0 Å². The summed E-state index contributed by atoms with van der Waals surface area (Å²) in [6.07, 6.45) is 3.46. The fraction of sp³-hybridized carbons (Fsp3) is 0.944. The van der Waals surface area contributed by atoms with Gasteiger partial charge < -0.3 is 25.0 Å². The van der Waals surface area contributed by atoms with E-state index in [1.807, 2.05) is 0 Å². The molecule has 6 heteroatoms. The van der Waals surface area contributed by atoms with Crippen molar-refractivity contribution in [2.45, 2.75) is 53.0 Å². The molecule has 0 radical (unpaired) electrons. The molecular weight excluding hydrogens is 304 g/mol. The van der Waals surface area contributed by atoms with Crippen LogP contribution in [0, 0.1) is 0 Å². The quantitative estimate of drug-likeness (QED) is 0.271. The molecule has 0 saturated heterocycles. The van der Waals surface area contributed by atoms with Crippen molar-refractivity contribution in [3.63, 3.8) is 0 Å². The Morgan fingerprint density at radius 3 is 2.38 bits per heavy atom. The summed E-state index contributed by atoms with van der Waals surface area (Å²) in [5.41, 5.74) is 0. The molecule has 1 atom stereocenters. The third-order valence-corrected chi connectivity index (χ3v) is 3.96. The minimum atomic E-state index is 0.601. The lowest BCUT2D eigenvalue weighted by molar-refractivity contribution is 0.0487. The molecular formula is C18H40N4O2. The van der Waals surface area contributed by atoms with Gasteiger partial charge in [0, 0.05) is 32.3 Å². The van der Waals surface area contributed by atoms with Crippen molar-refractivity contribution in [3.05, 3.63) is 0 Å². The highest BCUT2D eigenvalue weighted by atomic mass is 16.5. The number of guanidine groups is 1. The molecule has 24 heavy (non-hydrogen) atoms. The van der Waals surface area contributed by atoms with Gasteiger partial charge in [-0.3, -0.25) is 4.99 Å². The second-order valence-electron chi connectivity index (χ2n) is 6.00. The smallest absolute Gasteiger partial charge is 0.191 e. The van der Waals surface area contributed by atoms with Gasteiger partial charge in [-0.1, -0.05) is 20.3 Å². The average Bonchev–Trinajstić information content (AvgIpc) is 2.59. The lowest BCUT2D eigenvalue weighted by Crippen LogP contribution is -2.40. The van der Waals surface area contributed by atoms with E-state index in [4.69, 9.17) is 9.47 Å². The van der Waals surface area contributed by atoms with Crippen LogP contribution in [0.3, 0.4) is 0 Å². The summed E-state index contributed by atoms with van der Waals surface area (Å²) in [5, 5.41) is 6.57. The molecule has 144 valence electrons. The first kappa shape index (κ1) is 23.1. The Hall–Kier alpha value is -0.850. The molecule has 0 aromatic heterocycles. The normalized spacial score (nSPS) is 13.3. The number of rotatable bonds is 15. The second-order valence-corrected chi connectivity index (χ2v) is 6.00. The number of ether oxygens (including phenoxy) is 2. The van der Waals surface area contributed by atoms with Gasteiger partial charge in [0.1, 0.15) is 0 Å². The molecule has 0 aliphatic rings. The first-order valence-corrected chi connectivity index (χ1v) is 9.53. The second kappa shape index (κ2) is 17.0. The monoisotopic (exact) mass is 344 g/mol. The highest BCUT2D eigenvalue weighted by molar-refractivity contribution is 5.79. The standard InChI is InChI=1S/C18H40N4O2/c1-6-9-13-23-15-16-24-14-11-21-18(19-8-3)20-10-12-22(5)17(4)7-2/h17H,6-16H2,1-5H3,(H2,19,20,21). The zero-order valence-electron chi connectivity index (χ0n) is 16.6. The SMILES string of the molecule is CCCCOCCOCCNC(=NCCN(C)C(C)CC)NCC. The molecule has 2 N–H and O–H groups in total. The van der Waals surface area contributed by atoms with E-state index >= 15 is 0 Å². The van der Waals surface area contributed by atoms with Gasteiger partial charge in [-0.15, -0.1) is 0 Å². The Morgan fingerprint density at radius 1 is 1.04 bits per heavy atom. The van der Waals surface area contributed by atoms with Gasteiger partial charge in [0.05, 0.1) is 26.4 Å². The lowest BCUT2D eigenvalue weighted by atomic mass is 10.2. The first-order chi connectivity index (χ1) is 11.7. The number of nitrogens with zero attached hydrogens (tertiary/aromatic N) is 2. The van der Waals surface area contributed by atoms with Crippen molar-refractivity contribution >= 4 is 5.96 Å². The van der Waals surface area contributed by atoms with Crippen LogP contribution in [0.4, 0.5) is 0 Å². The third-order valence-electron chi connectivity index (χ3n) is 3.96. The zero-order chi connectivity index (χ0) is 18.0. The number of nitrogens with one attached hydrogen (secondary N) is 2. The first-order valence-electron chi connectivity index (χ1n) is 9.53. The fourth-order valence-electron chi connectivity index (χ4n) is 2.00. The van der Waals surface area contributed by atoms with E-state index in [2.05, 4.69) is 55.3 Å². The predicted molar refractivity (Wildman–Crippen MR) is 103 cm³/mol. The van der Waals surface area contributed by atoms with E-state index in [9.17, 15) is 0 Å². The molecule has 0 spiro atoms. The molecule has 0 aliphatic carbocycles. The molecule has 6 nitrogen and oxygen atoms in total. The number of unbranched alkanes of at least 4 members (excludes halogenated alkanes) is 1. The predicted octanol–water partition coefficient (Wildman–Crippen LogP) is 2.11. The van der Waals surface area contributed by atoms with Gasteiger partial charge in [0.15, 0.2) is 5.96 Å². The van der Waals surface area contributed by atoms with Crippen LogP contribution in [0.2, 0.25) is 0 Å². The van der Waals surface area contributed by atoms with Gasteiger partial charge in [0.2, 0.25) is 0 Å². The topological polar surface area (TPSA) is 58.1 Å². The molecule has 0 aromatic rings. The van der Waals surface area contributed by atoms with Crippen LogP contribution < -0.4 is 10.6 Å². The summed E-state index contributed by atoms with van der Waals surface area (Å²) in [6, 6.07) is 0.601. The van der Waals surface area contributed by atoms with Gasteiger partial charge in [-0.05, 0) is 33.7 Å². The van der Waals surface area contributed by atoms with Crippen molar-refractivity contribution < 1.29 is 9.47 Å². The maximum Gasteiger partial charge on any atom is 0.191 e. The number of hydrogen-bond acceptors (Lipinski definition) is 4. The molecule has 0 heterocycles. The van der Waals surface area contributed by atoms with E-state index < -0.39 is 0 Å². The van der Waals surface area contributed by atoms with Gasteiger partial charge in [-0.25, -0.2) is 0 Å². The van der Waals surface area contributed by atoms with E-state index in [0.717, 1.165) is 51.6 Å². The maximum atomic E-state index is 5.55. The number of aliphatic imine (C=N–C) groups is 1. The summed E-state index contributed by atoms with van der Waals surface area (Å²) >= 11 is 0. The highest BCUT2D eigenvalue weighted by Gasteiger charge is 2.05. The van der Waals surface area contributed by atoms with Crippen LogP contribution in [-0.4, -0.2) is 76.6 Å². The van der Waals surface area contributed by atoms with Crippen LogP contribution in [0.15, 0.2) is 4.99 Å². The number of hydrogen-bond donors (Lipinski definition) is 2. The zero-order valence-corrected chi connectivity index (χ0v) is 16.6. The minimum absolute atomic E-state index is 0.601. The van der Waals surface area contributed by atoms with Crippen LogP contribution in [0.5, 0.6) is 0 Å². The van der Waals surface area contributed by atoms with Crippen molar-refractivity contribution in [2.75, 3.05) is 59.7 Å². The Kier molecular flexibility index (Phi) is 16.4. The highest BCUT2D eigenvalue weighted by Crippen LogP contribution is 1.98. The summed E-state index contributed by atoms with van der Waals surface area (Å²) in [4.78, 5) is 6.95. The number of likely N-dealkylation sites (N-methyl/N-ethyl adjacent to an activating group) is 1. The molecule has 0 rings (SSSR count). The molecule has 0 aromatic carbocycles. The van der Waals surface area contributed by atoms with Crippen molar-refractivity contribution in [1.29, 1.82) is 0 Å². The molecule has 1 unspecified atom stereocenters. The van der Waals surface area contributed by atoms with Crippen LogP contribution in [0.25, 0.3) is 0 Å². The van der Waals surface area contributed by atoms with E-state index in [-0.39, 0.29) is 0 Å². The summed E-state index contributed by atoms with van der Waals surface area (Å²) in [6.45, 7) is 14.9. The van der Waals surface area contributed by atoms with Gasteiger partial charge in [-0.2, -0.15) is 0 Å². The molecule has 0 bridgehead atoms. The van der Waals surface area contributed by atoms with E-state index in [1.54, 1.807) is 0 Å². The Morgan fingerprint density at radius 2 is 1.75 bits per heavy atom. The molecule has 0 aliphatic heterocycles. The molecule has 0 amide bonds. The summed E-state index contributed by atoms with van der Waals surface area (Å²) in [7, 11) is 2.15.